The van der Waals surface area contributed by atoms with Gasteiger partial charge in [-0.1, -0.05) is 40.0 Å². The second-order valence-corrected chi connectivity index (χ2v) is 6.51. The Labute approximate surface area is 121 Å². The summed E-state index contributed by atoms with van der Waals surface area (Å²) in [6.07, 6.45) is 5.45. The lowest BCUT2D eigenvalue weighted by Gasteiger charge is -2.26. The highest BCUT2D eigenvalue weighted by molar-refractivity contribution is 5.87. The molecule has 1 saturated carbocycles. The molecule has 0 aromatic heterocycles. The first-order chi connectivity index (χ1) is 9.34. The zero-order valence-corrected chi connectivity index (χ0v) is 12.7. The first kappa shape index (κ1) is 16.5. The van der Waals surface area contributed by atoms with Crippen molar-refractivity contribution in [2.24, 2.45) is 11.3 Å². The molecule has 0 aromatic rings. The van der Waals surface area contributed by atoms with E-state index in [0.29, 0.717) is 0 Å². The number of carbonyl (C=O) groups is 2. The Balaban J connectivity index is 2.40. The van der Waals surface area contributed by atoms with E-state index in [1.54, 1.807) is 20.8 Å². The second-order valence-electron chi connectivity index (χ2n) is 6.51. The molecular formula is C15H25N3O2. The van der Waals surface area contributed by atoms with E-state index in [0.717, 1.165) is 25.7 Å². The smallest absolute Gasteiger partial charge is 0.240 e. The predicted molar refractivity (Wildman–Crippen MR) is 76.6 cm³/mol. The molecule has 20 heavy (non-hydrogen) atoms. The Morgan fingerprint density at radius 3 is 2.35 bits per heavy atom. The van der Waals surface area contributed by atoms with Crippen LogP contribution in [0.3, 0.4) is 0 Å². The van der Waals surface area contributed by atoms with Crippen LogP contribution in [0.15, 0.2) is 0 Å². The Kier molecular flexibility index (Phi) is 6.00. The van der Waals surface area contributed by atoms with Gasteiger partial charge in [0.25, 0.3) is 0 Å². The molecule has 0 radical (unpaired) electrons. The maximum atomic E-state index is 11.8. The molecular weight excluding hydrogens is 254 g/mol. The van der Waals surface area contributed by atoms with Crippen LogP contribution in [0.2, 0.25) is 0 Å². The fourth-order valence-corrected chi connectivity index (χ4v) is 2.37. The first-order valence-corrected chi connectivity index (χ1v) is 7.32. The molecule has 1 fully saturated rings. The van der Waals surface area contributed by atoms with Crippen LogP contribution >= 0.6 is 0 Å². The van der Waals surface area contributed by atoms with E-state index in [9.17, 15) is 14.9 Å². The van der Waals surface area contributed by atoms with Gasteiger partial charge >= 0.3 is 0 Å². The number of rotatable bonds is 4. The molecule has 0 aliphatic heterocycles. The van der Waals surface area contributed by atoms with Crippen molar-refractivity contribution >= 4 is 11.8 Å². The van der Waals surface area contributed by atoms with Gasteiger partial charge in [0.2, 0.25) is 11.8 Å². The van der Waals surface area contributed by atoms with E-state index < -0.39 is 11.5 Å². The van der Waals surface area contributed by atoms with Crippen LogP contribution < -0.4 is 10.6 Å². The summed E-state index contributed by atoms with van der Waals surface area (Å²) >= 11 is 0. The second kappa shape index (κ2) is 7.28. The summed E-state index contributed by atoms with van der Waals surface area (Å²) in [7, 11) is 0. The maximum Gasteiger partial charge on any atom is 0.240 e. The Morgan fingerprint density at radius 1 is 1.25 bits per heavy atom. The van der Waals surface area contributed by atoms with Crippen molar-refractivity contribution < 1.29 is 9.59 Å². The summed E-state index contributed by atoms with van der Waals surface area (Å²) in [4.78, 5) is 23.5. The third-order valence-corrected chi connectivity index (χ3v) is 3.67. The van der Waals surface area contributed by atoms with Crippen molar-refractivity contribution in [3.8, 4) is 6.07 Å². The Bertz CT molecular complexity index is 387. The maximum absolute atomic E-state index is 11.8. The first-order valence-electron chi connectivity index (χ1n) is 7.32. The molecule has 1 aliphatic carbocycles. The molecule has 1 rings (SSSR count). The van der Waals surface area contributed by atoms with Gasteiger partial charge in [0.15, 0.2) is 0 Å². The summed E-state index contributed by atoms with van der Waals surface area (Å²) in [5.41, 5.74) is -0.516. The van der Waals surface area contributed by atoms with Crippen LogP contribution in [-0.4, -0.2) is 24.4 Å². The van der Waals surface area contributed by atoms with Gasteiger partial charge in [0.1, 0.15) is 6.04 Å². The average Bonchev–Trinajstić information content (AvgIpc) is 2.42. The molecule has 5 heteroatoms. The molecule has 0 aromatic carbocycles. The monoisotopic (exact) mass is 279 g/mol. The van der Waals surface area contributed by atoms with Gasteiger partial charge in [-0.3, -0.25) is 9.59 Å². The zero-order valence-electron chi connectivity index (χ0n) is 12.7. The van der Waals surface area contributed by atoms with E-state index in [1.807, 2.05) is 0 Å². The summed E-state index contributed by atoms with van der Waals surface area (Å²) in [5.74, 6) is -0.213. The lowest BCUT2D eigenvalue weighted by molar-refractivity contribution is -0.131. The fourth-order valence-electron chi connectivity index (χ4n) is 2.37. The van der Waals surface area contributed by atoms with E-state index in [4.69, 9.17) is 0 Å². The minimum absolute atomic E-state index is 0.0684. The minimum atomic E-state index is -0.516. The topological polar surface area (TPSA) is 82.0 Å². The molecule has 2 N–H and O–H groups in total. The number of hydrogen-bond acceptors (Lipinski definition) is 3. The molecule has 0 saturated heterocycles. The van der Waals surface area contributed by atoms with E-state index >= 15 is 0 Å². The number of nitrogens with one attached hydrogen (secondary N) is 2. The number of amides is 2. The van der Waals surface area contributed by atoms with Crippen molar-refractivity contribution in [2.45, 2.75) is 58.9 Å². The highest BCUT2D eigenvalue weighted by Gasteiger charge is 2.26. The van der Waals surface area contributed by atoms with Crippen molar-refractivity contribution in [1.29, 1.82) is 5.26 Å². The molecule has 2 amide bonds. The molecule has 112 valence electrons. The molecule has 5 nitrogen and oxygen atoms in total. The van der Waals surface area contributed by atoms with Crippen molar-refractivity contribution in [1.82, 2.24) is 10.6 Å². The van der Waals surface area contributed by atoms with Gasteiger partial charge < -0.3 is 10.6 Å². The highest BCUT2D eigenvalue weighted by atomic mass is 16.2. The van der Waals surface area contributed by atoms with Crippen LogP contribution in [0, 0.1) is 22.7 Å². The number of carbonyl (C=O) groups excluding carboxylic acids is 2. The summed E-state index contributed by atoms with van der Waals surface area (Å²) in [6.45, 7) is 5.31. The number of hydrogen-bond donors (Lipinski definition) is 2. The number of nitrogens with zero attached hydrogens (tertiary/aromatic N) is 1. The van der Waals surface area contributed by atoms with Gasteiger partial charge in [-0.15, -0.1) is 0 Å². The molecule has 1 atom stereocenters. The van der Waals surface area contributed by atoms with Crippen molar-refractivity contribution in [3.63, 3.8) is 0 Å². The lowest BCUT2D eigenvalue weighted by atomic mass is 9.84. The Hall–Kier alpha value is -1.57. The third kappa shape index (κ3) is 5.20. The summed E-state index contributed by atoms with van der Waals surface area (Å²) < 4.78 is 0. The van der Waals surface area contributed by atoms with Gasteiger partial charge in [-0.05, 0) is 18.8 Å². The predicted octanol–water partition coefficient (Wildman–Crippen LogP) is 1.74. The molecule has 0 unspecified atom stereocenters. The standard InChI is InChI=1S/C15H25N3O2/c1-15(2,3)14(20)17-10-13(19)18-12(9-16)11-7-5-4-6-8-11/h11-12H,4-8,10H2,1-3H3,(H,17,20)(H,18,19)/t12-/m1/s1. The number of nitriles is 1. The van der Waals surface area contributed by atoms with Gasteiger partial charge in [-0.25, -0.2) is 0 Å². The normalized spacial score (nSPS) is 17.9. The van der Waals surface area contributed by atoms with Crippen LogP contribution in [0.25, 0.3) is 0 Å². The van der Waals surface area contributed by atoms with E-state index in [-0.39, 0.29) is 24.3 Å². The molecule has 0 bridgehead atoms. The van der Waals surface area contributed by atoms with Crippen LogP contribution in [-0.2, 0) is 9.59 Å². The summed E-state index contributed by atoms with van der Waals surface area (Å²) in [6, 6.07) is 1.74. The quantitative estimate of drug-likeness (QED) is 0.822. The fraction of sp³-hybridized carbons (Fsp3) is 0.800. The van der Waals surface area contributed by atoms with Crippen LogP contribution in [0.5, 0.6) is 0 Å². The molecule has 0 spiro atoms. The largest absolute Gasteiger partial charge is 0.347 e. The van der Waals surface area contributed by atoms with Crippen molar-refractivity contribution in [3.05, 3.63) is 0 Å². The van der Waals surface area contributed by atoms with Crippen LogP contribution in [0.4, 0.5) is 0 Å². The van der Waals surface area contributed by atoms with E-state index in [2.05, 4.69) is 16.7 Å². The SMILES string of the molecule is CC(C)(C)C(=O)NCC(=O)N[C@H](C#N)C1CCCCC1. The van der Waals surface area contributed by atoms with Crippen LogP contribution in [0.1, 0.15) is 52.9 Å². The van der Waals surface area contributed by atoms with Gasteiger partial charge in [-0.2, -0.15) is 5.26 Å². The lowest BCUT2D eigenvalue weighted by Crippen LogP contribution is -2.46. The minimum Gasteiger partial charge on any atom is -0.347 e. The summed E-state index contributed by atoms with van der Waals surface area (Å²) in [5, 5.41) is 14.5. The zero-order chi connectivity index (χ0) is 15.2. The van der Waals surface area contributed by atoms with E-state index in [1.165, 1.54) is 6.42 Å². The van der Waals surface area contributed by atoms with Gasteiger partial charge in [0.05, 0.1) is 12.6 Å². The molecule has 0 heterocycles. The average molecular weight is 279 g/mol. The highest BCUT2D eigenvalue weighted by Crippen LogP contribution is 2.26. The Morgan fingerprint density at radius 2 is 1.85 bits per heavy atom. The third-order valence-electron chi connectivity index (χ3n) is 3.67. The van der Waals surface area contributed by atoms with Gasteiger partial charge in [0, 0.05) is 5.41 Å². The van der Waals surface area contributed by atoms with Crippen molar-refractivity contribution in [2.75, 3.05) is 6.54 Å². The molecule has 1 aliphatic rings.